The van der Waals surface area contributed by atoms with Crippen molar-refractivity contribution in [2.45, 2.75) is 39.5 Å². The predicted molar refractivity (Wildman–Crippen MR) is 105 cm³/mol. The van der Waals surface area contributed by atoms with Gasteiger partial charge in [-0.05, 0) is 38.3 Å². The van der Waals surface area contributed by atoms with Crippen molar-refractivity contribution in [3.8, 4) is 11.6 Å². The molecule has 2 heterocycles. The highest BCUT2D eigenvalue weighted by atomic mass is 16.5. The van der Waals surface area contributed by atoms with Crippen molar-refractivity contribution in [1.82, 2.24) is 20.2 Å². The summed E-state index contributed by atoms with van der Waals surface area (Å²) in [6.45, 7) is 6.57. The van der Waals surface area contributed by atoms with E-state index in [0.29, 0.717) is 24.8 Å². The topological polar surface area (TPSA) is 84.4 Å². The average molecular weight is 382 g/mol. The molecule has 1 aliphatic heterocycles. The predicted octanol–water partition coefficient (Wildman–Crippen LogP) is 2.73. The van der Waals surface area contributed by atoms with Gasteiger partial charge in [0, 0.05) is 37.7 Å². The number of amides is 2. The molecule has 148 valence electrons. The minimum absolute atomic E-state index is 0.0262. The summed E-state index contributed by atoms with van der Waals surface area (Å²) in [6, 6.07) is 9.61. The van der Waals surface area contributed by atoms with Crippen molar-refractivity contribution >= 4 is 11.8 Å². The van der Waals surface area contributed by atoms with Crippen molar-refractivity contribution in [3.05, 3.63) is 47.4 Å². The fourth-order valence-electron chi connectivity index (χ4n) is 3.31. The van der Waals surface area contributed by atoms with Crippen molar-refractivity contribution in [1.29, 1.82) is 0 Å². The molecule has 1 atom stereocenters. The Morgan fingerprint density at radius 3 is 2.79 bits per heavy atom. The van der Waals surface area contributed by atoms with E-state index in [2.05, 4.69) is 15.3 Å². The van der Waals surface area contributed by atoms with Gasteiger partial charge in [-0.2, -0.15) is 4.98 Å². The van der Waals surface area contributed by atoms with Gasteiger partial charge in [0.25, 0.3) is 0 Å². The van der Waals surface area contributed by atoms with Crippen LogP contribution < -0.4 is 10.1 Å². The van der Waals surface area contributed by atoms with Crippen LogP contribution in [-0.4, -0.2) is 46.3 Å². The third-order valence-electron chi connectivity index (χ3n) is 4.78. The number of nitrogens with one attached hydrogen (secondary N) is 1. The summed E-state index contributed by atoms with van der Waals surface area (Å²) >= 11 is 0. The van der Waals surface area contributed by atoms with Crippen LogP contribution in [0, 0.1) is 13.8 Å². The van der Waals surface area contributed by atoms with Crippen LogP contribution >= 0.6 is 0 Å². The number of para-hydroxylation sites is 1. The van der Waals surface area contributed by atoms with Gasteiger partial charge < -0.3 is 15.0 Å². The van der Waals surface area contributed by atoms with Gasteiger partial charge >= 0.3 is 0 Å². The number of aromatic nitrogens is 2. The number of carbonyl (C=O) groups excluding carboxylic acids is 2. The van der Waals surface area contributed by atoms with E-state index in [9.17, 15) is 9.59 Å². The van der Waals surface area contributed by atoms with Gasteiger partial charge in [0.2, 0.25) is 17.7 Å². The molecule has 0 spiro atoms. The Balaban J connectivity index is 1.74. The van der Waals surface area contributed by atoms with E-state index in [1.165, 1.54) is 6.92 Å². The van der Waals surface area contributed by atoms with Gasteiger partial charge in [0.15, 0.2) is 0 Å². The molecular formula is C21H26N4O3. The van der Waals surface area contributed by atoms with Gasteiger partial charge in [-0.25, -0.2) is 4.98 Å². The van der Waals surface area contributed by atoms with Crippen molar-refractivity contribution in [2.24, 2.45) is 0 Å². The number of nitrogens with zero attached hydrogens (tertiary/aromatic N) is 3. The van der Waals surface area contributed by atoms with Crippen molar-refractivity contribution < 1.29 is 14.3 Å². The molecule has 1 saturated heterocycles. The van der Waals surface area contributed by atoms with E-state index in [-0.39, 0.29) is 24.3 Å². The monoisotopic (exact) mass is 382 g/mol. The second-order valence-electron chi connectivity index (χ2n) is 7.16. The van der Waals surface area contributed by atoms with E-state index in [4.69, 9.17) is 4.74 Å². The third kappa shape index (κ3) is 5.06. The summed E-state index contributed by atoms with van der Waals surface area (Å²) < 4.78 is 5.98. The Labute approximate surface area is 165 Å². The zero-order chi connectivity index (χ0) is 20.1. The number of benzene rings is 1. The van der Waals surface area contributed by atoms with Crippen LogP contribution in [0.15, 0.2) is 30.3 Å². The van der Waals surface area contributed by atoms with Crippen LogP contribution in [0.2, 0.25) is 0 Å². The number of carbonyl (C=O) groups is 2. The summed E-state index contributed by atoms with van der Waals surface area (Å²) in [7, 11) is 0. The lowest BCUT2D eigenvalue weighted by Crippen LogP contribution is -2.44. The first kappa shape index (κ1) is 19.8. The van der Waals surface area contributed by atoms with Crippen molar-refractivity contribution in [2.75, 3.05) is 19.6 Å². The molecule has 1 fully saturated rings. The Hall–Kier alpha value is -2.96. The van der Waals surface area contributed by atoms with Gasteiger partial charge in [0.05, 0.1) is 6.54 Å². The van der Waals surface area contributed by atoms with Crippen LogP contribution in [0.25, 0.3) is 0 Å². The zero-order valence-electron chi connectivity index (χ0n) is 16.6. The van der Waals surface area contributed by atoms with E-state index >= 15 is 0 Å². The average Bonchev–Trinajstić information content (AvgIpc) is 2.67. The summed E-state index contributed by atoms with van der Waals surface area (Å²) in [5.74, 6) is 1.74. The molecule has 1 aromatic heterocycles. The second kappa shape index (κ2) is 8.82. The molecule has 1 aliphatic rings. The standard InChI is InChI=1S/C21H26N4O3/c1-14-7-4-5-9-18(14)28-19-11-15(2)23-21(24-19)17-8-6-10-25(13-17)20(27)12-22-16(3)26/h4-5,7,9,11,17H,6,8,10,12-13H2,1-3H3,(H,22,26). The summed E-state index contributed by atoms with van der Waals surface area (Å²) in [4.78, 5) is 34.4. The molecule has 2 aromatic rings. The lowest BCUT2D eigenvalue weighted by atomic mass is 9.97. The minimum atomic E-state index is -0.207. The summed E-state index contributed by atoms with van der Waals surface area (Å²) in [5.41, 5.74) is 1.86. The van der Waals surface area contributed by atoms with Gasteiger partial charge in [-0.1, -0.05) is 18.2 Å². The molecule has 1 unspecified atom stereocenters. The number of ether oxygens (including phenoxy) is 1. The number of hydrogen-bond donors (Lipinski definition) is 1. The highest BCUT2D eigenvalue weighted by Crippen LogP contribution is 2.28. The molecule has 2 amide bonds. The van der Waals surface area contributed by atoms with Crippen molar-refractivity contribution in [3.63, 3.8) is 0 Å². The van der Waals surface area contributed by atoms with E-state index < -0.39 is 0 Å². The fourth-order valence-corrected chi connectivity index (χ4v) is 3.31. The van der Waals surface area contributed by atoms with Crippen LogP contribution in [-0.2, 0) is 9.59 Å². The molecule has 3 rings (SSSR count). The number of rotatable bonds is 5. The number of aryl methyl sites for hydroxylation is 2. The van der Waals surface area contributed by atoms with Gasteiger partial charge in [-0.15, -0.1) is 0 Å². The molecule has 0 radical (unpaired) electrons. The Kier molecular flexibility index (Phi) is 6.23. The molecular weight excluding hydrogens is 356 g/mol. The first-order valence-corrected chi connectivity index (χ1v) is 9.53. The smallest absolute Gasteiger partial charge is 0.241 e. The quantitative estimate of drug-likeness (QED) is 0.860. The normalized spacial score (nSPS) is 16.5. The Bertz CT molecular complexity index is 868. The maximum absolute atomic E-state index is 12.3. The van der Waals surface area contributed by atoms with Crippen LogP contribution in [0.5, 0.6) is 11.6 Å². The maximum Gasteiger partial charge on any atom is 0.241 e. The lowest BCUT2D eigenvalue weighted by Gasteiger charge is -2.32. The molecule has 1 aromatic carbocycles. The first-order valence-electron chi connectivity index (χ1n) is 9.53. The van der Waals surface area contributed by atoms with E-state index in [1.54, 1.807) is 4.90 Å². The zero-order valence-corrected chi connectivity index (χ0v) is 16.6. The SMILES string of the molecule is CC(=O)NCC(=O)N1CCCC(c2nc(C)cc(Oc3ccccc3C)n2)C1. The Morgan fingerprint density at radius 2 is 2.04 bits per heavy atom. The molecule has 7 nitrogen and oxygen atoms in total. The molecule has 0 bridgehead atoms. The van der Waals surface area contributed by atoms with E-state index in [1.807, 2.05) is 44.2 Å². The number of piperidine rings is 1. The largest absolute Gasteiger partial charge is 0.439 e. The Morgan fingerprint density at radius 1 is 1.25 bits per heavy atom. The molecule has 0 aliphatic carbocycles. The number of hydrogen-bond acceptors (Lipinski definition) is 5. The summed E-state index contributed by atoms with van der Waals surface area (Å²) in [6.07, 6.45) is 1.79. The van der Waals surface area contributed by atoms with Gasteiger partial charge in [-0.3, -0.25) is 9.59 Å². The number of likely N-dealkylation sites (tertiary alicyclic amines) is 1. The third-order valence-corrected chi connectivity index (χ3v) is 4.78. The van der Waals surface area contributed by atoms with Crippen LogP contribution in [0.3, 0.4) is 0 Å². The van der Waals surface area contributed by atoms with Gasteiger partial charge in [0.1, 0.15) is 11.6 Å². The second-order valence-corrected chi connectivity index (χ2v) is 7.16. The summed E-state index contributed by atoms with van der Waals surface area (Å²) in [5, 5.41) is 2.57. The molecule has 0 saturated carbocycles. The highest BCUT2D eigenvalue weighted by molar-refractivity contribution is 5.83. The van der Waals surface area contributed by atoms with Crippen LogP contribution in [0.4, 0.5) is 0 Å². The van der Waals surface area contributed by atoms with Crippen LogP contribution in [0.1, 0.15) is 42.8 Å². The highest BCUT2D eigenvalue weighted by Gasteiger charge is 2.27. The molecule has 28 heavy (non-hydrogen) atoms. The fraction of sp³-hybridized carbons (Fsp3) is 0.429. The first-order chi connectivity index (χ1) is 13.4. The maximum atomic E-state index is 12.3. The molecule has 1 N–H and O–H groups in total. The molecule has 7 heteroatoms. The lowest BCUT2D eigenvalue weighted by molar-refractivity contribution is -0.133. The minimum Gasteiger partial charge on any atom is -0.439 e. The van der Waals surface area contributed by atoms with E-state index in [0.717, 1.165) is 29.8 Å².